The van der Waals surface area contributed by atoms with Crippen molar-refractivity contribution in [2.45, 2.75) is 32.4 Å². The van der Waals surface area contributed by atoms with Gasteiger partial charge in [0.2, 0.25) is 0 Å². The number of carbonyl (C=O) groups is 2. The Labute approximate surface area is 186 Å². The van der Waals surface area contributed by atoms with Gasteiger partial charge < -0.3 is 19.2 Å². The molecule has 0 bridgehead atoms. The number of ketones is 1. The third-order valence-electron chi connectivity index (χ3n) is 5.32. The van der Waals surface area contributed by atoms with E-state index in [-0.39, 0.29) is 17.9 Å². The number of rotatable bonds is 8. The summed E-state index contributed by atoms with van der Waals surface area (Å²) in [5, 5.41) is 11.2. The van der Waals surface area contributed by atoms with Crippen LogP contribution in [0.4, 0.5) is 0 Å². The molecule has 1 unspecified atom stereocenters. The van der Waals surface area contributed by atoms with Crippen LogP contribution >= 0.6 is 0 Å². The number of ether oxygens (including phenoxy) is 1. The highest BCUT2D eigenvalue weighted by molar-refractivity contribution is 6.46. The van der Waals surface area contributed by atoms with Crippen molar-refractivity contribution in [1.82, 2.24) is 9.88 Å². The molecule has 3 aromatic rings. The third-order valence-corrected chi connectivity index (χ3v) is 5.32. The van der Waals surface area contributed by atoms with Gasteiger partial charge in [0.25, 0.3) is 11.7 Å². The summed E-state index contributed by atoms with van der Waals surface area (Å²) in [6.07, 6.45) is 6.62. The monoisotopic (exact) mass is 432 g/mol. The molecule has 7 nitrogen and oxygen atoms in total. The van der Waals surface area contributed by atoms with Gasteiger partial charge in [-0.2, -0.15) is 0 Å². The second-order valence-electron chi connectivity index (χ2n) is 7.52. The zero-order valence-electron chi connectivity index (χ0n) is 17.7. The van der Waals surface area contributed by atoms with Gasteiger partial charge in [-0.15, -0.1) is 0 Å². The fourth-order valence-corrected chi connectivity index (χ4v) is 3.72. The molecule has 2 aromatic heterocycles. The van der Waals surface area contributed by atoms with Crippen molar-refractivity contribution in [3.8, 4) is 5.75 Å². The van der Waals surface area contributed by atoms with Crippen molar-refractivity contribution in [2.75, 3.05) is 6.61 Å². The van der Waals surface area contributed by atoms with Crippen molar-refractivity contribution in [3.05, 3.63) is 89.6 Å². The fraction of sp³-hybridized carbons (Fsp3) is 0.240. The van der Waals surface area contributed by atoms with E-state index in [1.165, 1.54) is 11.2 Å². The Morgan fingerprint density at radius 2 is 2.06 bits per heavy atom. The Kier molecular flexibility index (Phi) is 6.35. The van der Waals surface area contributed by atoms with E-state index in [0.29, 0.717) is 29.2 Å². The number of nitrogens with zero attached hydrogens (tertiary/aromatic N) is 2. The van der Waals surface area contributed by atoms with Gasteiger partial charge in [-0.25, -0.2) is 0 Å². The van der Waals surface area contributed by atoms with Gasteiger partial charge >= 0.3 is 0 Å². The summed E-state index contributed by atoms with van der Waals surface area (Å²) < 4.78 is 11.1. The number of unbranched alkanes of at least 4 members (excludes halogenated alkanes) is 1. The maximum atomic E-state index is 13.0. The van der Waals surface area contributed by atoms with Crippen LogP contribution in [-0.2, 0) is 16.1 Å². The van der Waals surface area contributed by atoms with Gasteiger partial charge in [0.05, 0.1) is 31.0 Å². The van der Waals surface area contributed by atoms with Crippen LogP contribution in [0.15, 0.2) is 77.2 Å². The summed E-state index contributed by atoms with van der Waals surface area (Å²) in [5.74, 6) is -0.579. The molecule has 32 heavy (non-hydrogen) atoms. The first-order chi connectivity index (χ1) is 15.6. The highest BCUT2D eigenvalue weighted by Crippen LogP contribution is 2.40. The van der Waals surface area contributed by atoms with E-state index >= 15 is 0 Å². The summed E-state index contributed by atoms with van der Waals surface area (Å²) in [7, 11) is 0. The number of hydrogen-bond donors (Lipinski definition) is 1. The molecule has 1 atom stereocenters. The van der Waals surface area contributed by atoms with Crippen LogP contribution in [0.3, 0.4) is 0 Å². The number of Topliss-reactive ketones (excluding diaryl/α,β-unsaturated/α-hetero) is 1. The van der Waals surface area contributed by atoms with Crippen molar-refractivity contribution in [1.29, 1.82) is 0 Å². The molecule has 3 heterocycles. The standard InChI is InChI=1S/C25H24N2O5/c1-2-3-12-31-19-9-4-7-17(14-19)23(28)21-22(18-8-5-11-26-15-18)27(25(30)24(21)29)16-20-10-6-13-32-20/h4-11,13-15,22,28H,2-3,12,16H2,1H3/b23-21+. The molecule has 7 heteroatoms. The number of benzene rings is 1. The number of pyridine rings is 1. The Morgan fingerprint density at radius 1 is 1.19 bits per heavy atom. The lowest BCUT2D eigenvalue weighted by Gasteiger charge is -2.24. The first kappa shape index (κ1) is 21.4. The topological polar surface area (TPSA) is 92.9 Å². The van der Waals surface area contributed by atoms with Crippen molar-refractivity contribution in [2.24, 2.45) is 0 Å². The minimum Gasteiger partial charge on any atom is -0.507 e. The van der Waals surface area contributed by atoms with E-state index in [0.717, 1.165) is 12.8 Å². The quantitative estimate of drug-likeness (QED) is 0.244. The second-order valence-corrected chi connectivity index (χ2v) is 7.52. The zero-order chi connectivity index (χ0) is 22.5. The van der Waals surface area contributed by atoms with Crippen molar-refractivity contribution >= 4 is 17.4 Å². The first-order valence-corrected chi connectivity index (χ1v) is 10.5. The molecule has 164 valence electrons. The average Bonchev–Trinajstić information content (AvgIpc) is 3.42. The smallest absolute Gasteiger partial charge is 0.296 e. The number of furan rings is 1. The van der Waals surface area contributed by atoms with Gasteiger partial charge in [0, 0.05) is 18.0 Å². The lowest BCUT2D eigenvalue weighted by Crippen LogP contribution is -2.29. The van der Waals surface area contributed by atoms with E-state index in [1.54, 1.807) is 60.9 Å². The van der Waals surface area contributed by atoms with E-state index in [9.17, 15) is 14.7 Å². The first-order valence-electron chi connectivity index (χ1n) is 10.5. The van der Waals surface area contributed by atoms with E-state index in [1.807, 2.05) is 0 Å². The molecule has 1 aromatic carbocycles. The number of aliphatic hydroxyl groups is 1. The second kappa shape index (κ2) is 9.51. The predicted octanol–water partition coefficient (Wildman–Crippen LogP) is 4.48. The Bertz CT molecular complexity index is 1120. The van der Waals surface area contributed by atoms with Gasteiger partial charge in [0.15, 0.2) is 0 Å². The maximum absolute atomic E-state index is 13.0. The summed E-state index contributed by atoms with van der Waals surface area (Å²) in [6, 6.07) is 13.0. The van der Waals surface area contributed by atoms with E-state index in [4.69, 9.17) is 9.15 Å². The minimum atomic E-state index is -0.793. The molecular weight excluding hydrogens is 408 g/mol. The van der Waals surface area contributed by atoms with Gasteiger partial charge in [-0.1, -0.05) is 31.5 Å². The summed E-state index contributed by atoms with van der Waals surface area (Å²) in [5.41, 5.74) is 1.04. The van der Waals surface area contributed by atoms with E-state index < -0.39 is 17.7 Å². The maximum Gasteiger partial charge on any atom is 0.296 e. The average molecular weight is 432 g/mol. The Morgan fingerprint density at radius 3 is 2.78 bits per heavy atom. The molecule has 1 aliphatic heterocycles. The largest absolute Gasteiger partial charge is 0.507 e. The molecule has 1 fully saturated rings. The zero-order valence-corrected chi connectivity index (χ0v) is 17.7. The Balaban J connectivity index is 1.76. The van der Waals surface area contributed by atoms with Crippen LogP contribution in [0.5, 0.6) is 5.75 Å². The Hall–Kier alpha value is -3.87. The number of aromatic nitrogens is 1. The third kappa shape index (κ3) is 4.27. The van der Waals surface area contributed by atoms with Gasteiger partial charge in [-0.05, 0) is 42.3 Å². The number of carbonyl (C=O) groups excluding carboxylic acids is 2. The van der Waals surface area contributed by atoms with Crippen molar-refractivity contribution < 1.29 is 23.8 Å². The van der Waals surface area contributed by atoms with Crippen LogP contribution in [0, 0.1) is 0 Å². The molecular formula is C25H24N2O5. The lowest BCUT2D eigenvalue weighted by atomic mass is 9.96. The van der Waals surface area contributed by atoms with Gasteiger partial charge in [0.1, 0.15) is 17.3 Å². The number of aliphatic hydroxyl groups excluding tert-OH is 1. The van der Waals surface area contributed by atoms with Crippen molar-refractivity contribution in [3.63, 3.8) is 0 Å². The summed E-state index contributed by atoms with van der Waals surface area (Å²) in [4.78, 5) is 31.5. The van der Waals surface area contributed by atoms with Crippen LogP contribution in [0.25, 0.3) is 5.76 Å². The van der Waals surface area contributed by atoms with Crippen LogP contribution in [0.1, 0.15) is 42.7 Å². The van der Waals surface area contributed by atoms with E-state index in [2.05, 4.69) is 11.9 Å². The molecule has 1 amide bonds. The molecule has 4 rings (SSSR count). The summed E-state index contributed by atoms with van der Waals surface area (Å²) in [6.45, 7) is 2.73. The predicted molar refractivity (Wildman–Crippen MR) is 118 cm³/mol. The summed E-state index contributed by atoms with van der Waals surface area (Å²) >= 11 is 0. The molecule has 0 saturated carbocycles. The van der Waals surface area contributed by atoms with Crippen LogP contribution in [0.2, 0.25) is 0 Å². The van der Waals surface area contributed by atoms with Crippen LogP contribution < -0.4 is 4.74 Å². The van der Waals surface area contributed by atoms with Gasteiger partial charge in [-0.3, -0.25) is 14.6 Å². The number of amides is 1. The molecule has 1 aliphatic rings. The highest BCUT2D eigenvalue weighted by Gasteiger charge is 2.46. The lowest BCUT2D eigenvalue weighted by molar-refractivity contribution is -0.140. The molecule has 0 radical (unpaired) electrons. The highest BCUT2D eigenvalue weighted by atomic mass is 16.5. The molecule has 1 N–H and O–H groups in total. The SMILES string of the molecule is CCCCOc1cccc(/C(O)=C2\C(=O)C(=O)N(Cc3ccco3)C2c2cccnc2)c1. The molecule has 1 saturated heterocycles. The normalized spacial score (nSPS) is 17.7. The fourth-order valence-electron chi connectivity index (χ4n) is 3.72. The molecule has 0 spiro atoms. The van der Waals surface area contributed by atoms with Crippen LogP contribution in [-0.4, -0.2) is 33.3 Å². The molecule has 0 aliphatic carbocycles. The number of likely N-dealkylation sites (tertiary alicyclic amines) is 1. The minimum absolute atomic E-state index is 0.0141. The number of hydrogen-bond acceptors (Lipinski definition) is 6.